The molecule has 0 aromatic heterocycles. The number of amides is 1. The Kier molecular flexibility index (Phi) is 5.15. The Morgan fingerprint density at radius 2 is 1.90 bits per heavy atom. The third-order valence-corrected chi connectivity index (χ3v) is 3.71. The Hall–Kier alpha value is -1.39. The van der Waals surface area contributed by atoms with Crippen molar-refractivity contribution in [1.82, 2.24) is 5.32 Å². The van der Waals surface area contributed by atoms with Crippen LogP contribution in [0.2, 0.25) is 0 Å². The minimum absolute atomic E-state index is 0.0439. The number of fused-ring (bicyclic) bond motifs is 1. The molecule has 0 saturated carbocycles. The van der Waals surface area contributed by atoms with Gasteiger partial charge in [0, 0.05) is 22.6 Å². The molecule has 1 unspecified atom stereocenters. The summed E-state index contributed by atoms with van der Waals surface area (Å²) >= 11 is 3.46. The number of rotatable bonds is 5. The minimum atomic E-state index is -0.0458. The van der Waals surface area contributed by atoms with E-state index in [4.69, 9.17) is 0 Å². The fourth-order valence-corrected chi connectivity index (χ4v) is 2.39. The predicted molar refractivity (Wildman–Crippen MR) is 88.0 cm³/mol. The highest BCUT2D eigenvalue weighted by molar-refractivity contribution is 9.10. The Morgan fingerprint density at radius 3 is 2.65 bits per heavy atom. The topological polar surface area (TPSA) is 41.1 Å². The van der Waals surface area contributed by atoms with Gasteiger partial charge in [0.2, 0.25) is 5.91 Å². The zero-order valence-electron chi connectivity index (χ0n) is 11.7. The van der Waals surface area contributed by atoms with Crippen LogP contribution < -0.4 is 10.6 Å². The SMILES string of the molecule is CCNCC(C)C(=O)Nc1ccc2cc(Br)ccc2c1. The third-order valence-electron chi connectivity index (χ3n) is 3.22. The maximum Gasteiger partial charge on any atom is 0.228 e. The maximum atomic E-state index is 12.0. The summed E-state index contributed by atoms with van der Waals surface area (Å²) in [6.45, 7) is 5.54. The van der Waals surface area contributed by atoms with Gasteiger partial charge in [-0.1, -0.05) is 41.9 Å². The quantitative estimate of drug-likeness (QED) is 0.873. The lowest BCUT2D eigenvalue weighted by molar-refractivity contribution is -0.119. The molecular formula is C16H19BrN2O. The van der Waals surface area contributed by atoms with Gasteiger partial charge in [-0.3, -0.25) is 4.79 Å². The molecule has 0 bridgehead atoms. The number of anilines is 1. The fourth-order valence-electron chi connectivity index (χ4n) is 2.01. The van der Waals surface area contributed by atoms with Gasteiger partial charge in [-0.2, -0.15) is 0 Å². The molecule has 2 rings (SSSR count). The monoisotopic (exact) mass is 334 g/mol. The first-order valence-corrected chi connectivity index (χ1v) is 7.60. The van der Waals surface area contributed by atoms with Gasteiger partial charge in [0.25, 0.3) is 0 Å². The number of carbonyl (C=O) groups is 1. The van der Waals surface area contributed by atoms with E-state index in [-0.39, 0.29) is 11.8 Å². The van der Waals surface area contributed by atoms with Gasteiger partial charge in [-0.25, -0.2) is 0 Å². The number of nitrogens with one attached hydrogen (secondary N) is 2. The second-order valence-corrected chi connectivity index (χ2v) is 5.82. The van der Waals surface area contributed by atoms with Crippen molar-refractivity contribution in [3.63, 3.8) is 0 Å². The first-order chi connectivity index (χ1) is 9.60. The Labute approximate surface area is 127 Å². The molecule has 0 aliphatic heterocycles. The molecule has 1 atom stereocenters. The molecule has 0 saturated heterocycles. The van der Waals surface area contributed by atoms with E-state index >= 15 is 0 Å². The first kappa shape index (κ1) is 15.0. The standard InChI is InChI=1S/C16H19BrN2O/c1-3-18-10-11(2)16(20)19-15-7-5-12-8-14(17)6-4-13(12)9-15/h4-9,11,18H,3,10H2,1-2H3,(H,19,20). The van der Waals surface area contributed by atoms with Gasteiger partial charge in [0.15, 0.2) is 0 Å². The van der Waals surface area contributed by atoms with E-state index in [1.165, 1.54) is 0 Å². The van der Waals surface area contributed by atoms with Crippen LogP contribution >= 0.6 is 15.9 Å². The molecule has 0 heterocycles. The van der Waals surface area contributed by atoms with Gasteiger partial charge in [0.1, 0.15) is 0 Å². The van der Waals surface area contributed by atoms with Gasteiger partial charge in [-0.05, 0) is 41.6 Å². The number of benzene rings is 2. The van der Waals surface area contributed by atoms with Crippen LogP contribution in [0, 0.1) is 5.92 Å². The third kappa shape index (κ3) is 3.81. The van der Waals surface area contributed by atoms with E-state index in [1.807, 2.05) is 44.2 Å². The molecule has 3 nitrogen and oxygen atoms in total. The highest BCUT2D eigenvalue weighted by Crippen LogP contribution is 2.23. The molecule has 106 valence electrons. The first-order valence-electron chi connectivity index (χ1n) is 6.81. The molecule has 2 aromatic rings. The molecule has 0 aliphatic carbocycles. The van der Waals surface area contributed by atoms with E-state index < -0.39 is 0 Å². The Morgan fingerprint density at radius 1 is 1.20 bits per heavy atom. The van der Waals surface area contributed by atoms with Crippen LogP contribution in [0.5, 0.6) is 0 Å². The van der Waals surface area contributed by atoms with Crippen LogP contribution in [0.25, 0.3) is 10.8 Å². The van der Waals surface area contributed by atoms with Crippen molar-refractivity contribution in [3.8, 4) is 0 Å². The summed E-state index contributed by atoms with van der Waals surface area (Å²) in [6, 6.07) is 12.1. The fraction of sp³-hybridized carbons (Fsp3) is 0.312. The highest BCUT2D eigenvalue weighted by atomic mass is 79.9. The smallest absolute Gasteiger partial charge is 0.228 e. The minimum Gasteiger partial charge on any atom is -0.326 e. The van der Waals surface area contributed by atoms with Crippen molar-refractivity contribution >= 4 is 38.3 Å². The predicted octanol–water partition coefficient (Wildman–Crippen LogP) is 3.79. The summed E-state index contributed by atoms with van der Waals surface area (Å²) < 4.78 is 1.06. The van der Waals surface area contributed by atoms with Crippen LogP contribution in [0.1, 0.15) is 13.8 Å². The molecule has 0 aliphatic rings. The van der Waals surface area contributed by atoms with Crippen molar-refractivity contribution in [2.45, 2.75) is 13.8 Å². The lowest BCUT2D eigenvalue weighted by Crippen LogP contribution is -2.30. The number of hydrogen-bond acceptors (Lipinski definition) is 2. The Balaban J connectivity index is 2.09. The molecule has 0 spiro atoms. The van der Waals surface area contributed by atoms with Gasteiger partial charge in [0.05, 0.1) is 0 Å². The summed E-state index contributed by atoms with van der Waals surface area (Å²) in [6.07, 6.45) is 0. The molecule has 2 aromatic carbocycles. The molecule has 4 heteroatoms. The molecule has 1 amide bonds. The van der Waals surface area contributed by atoms with Crippen LogP contribution in [0.4, 0.5) is 5.69 Å². The van der Waals surface area contributed by atoms with Gasteiger partial charge >= 0.3 is 0 Å². The van der Waals surface area contributed by atoms with Crippen molar-refractivity contribution in [3.05, 3.63) is 40.9 Å². The summed E-state index contributed by atoms with van der Waals surface area (Å²) in [5.41, 5.74) is 0.841. The number of hydrogen-bond donors (Lipinski definition) is 2. The van der Waals surface area contributed by atoms with Crippen LogP contribution in [-0.4, -0.2) is 19.0 Å². The highest BCUT2D eigenvalue weighted by Gasteiger charge is 2.12. The van der Waals surface area contributed by atoms with Crippen molar-refractivity contribution in [1.29, 1.82) is 0 Å². The second-order valence-electron chi connectivity index (χ2n) is 4.90. The molecule has 2 N–H and O–H groups in total. The number of carbonyl (C=O) groups excluding carboxylic acids is 1. The molecule has 0 fully saturated rings. The van der Waals surface area contributed by atoms with Crippen molar-refractivity contribution in [2.24, 2.45) is 5.92 Å². The zero-order chi connectivity index (χ0) is 14.5. The van der Waals surface area contributed by atoms with Crippen LogP contribution in [-0.2, 0) is 4.79 Å². The number of halogens is 1. The van der Waals surface area contributed by atoms with Gasteiger partial charge < -0.3 is 10.6 Å². The maximum absolute atomic E-state index is 12.0. The normalized spacial score (nSPS) is 12.3. The lowest BCUT2D eigenvalue weighted by Gasteiger charge is -2.13. The van der Waals surface area contributed by atoms with E-state index in [0.717, 1.165) is 27.5 Å². The molecule has 0 radical (unpaired) electrons. The average Bonchev–Trinajstić information content (AvgIpc) is 2.44. The van der Waals surface area contributed by atoms with Crippen LogP contribution in [0.3, 0.4) is 0 Å². The Bertz CT molecular complexity index is 612. The summed E-state index contributed by atoms with van der Waals surface area (Å²) in [5.74, 6) is -0.00187. The van der Waals surface area contributed by atoms with E-state index in [9.17, 15) is 4.79 Å². The largest absolute Gasteiger partial charge is 0.326 e. The van der Waals surface area contributed by atoms with E-state index in [2.05, 4.69) is 32.6 Å². The molecule has 20 heavy (non-hydrogen) atoms. The average molecular weight is 335 g/mol. The molecular weight excluding hydrogens is 316 g/mol. The zero-order valence-corrected chi connectivity index (χ0v) is 13.3. The lowest BCUT2D eigenvalue weighted by atomic mass is 10.1. The van der Waals surface area contributed by atoms with Crippen LogP contribution in [0.15, 0.2) is 40.9 Å². The summed E-state index contributed by atoms with van der Waals surface area (Å²) in [4.78, 5) is 12.0. The van der Waals surface area contributed by atoms with Gasteiger partial charge in [-0.15, -0.1) is 0 Å². The van der Waals surface area contributed by atoms with E-state index in [0.29, 0.717) is 6.54 Å². The van der Waals surface area contributed by atoms with E-state index in [1.54, 1.807) is 0 Å². The summed E-state index contributed by atoms with van der Waals surface area (Å²) in [5, 5.41) is 8.42. The summed E-state index contributed by atoms with van der Waals surface area (Å²) in [7, 11) is 0. The van der Waals surface area contributed by atoms with Crippen molar-refractivity contribution in [2.75, 3.05) is 18.4 Å². The van der Waals surface area contributed by atoms with Crippen molar-refractivity contribution < 1.29 is 4.79 Å². The second kappa shape index (κ2) is 6.86.